The fourth-order valence-corrected chi connectivity index (χ4v) is 2.58. The van der Waals surface area contributed by atoms with Gasteiger partial charge in [0.25, 0.3) is 5.91 Å². The molecule has 3 aromatic rings. The van der Waals surface area contributed by atoms with Crippen molar-refractivity contribution >= 4 is 33.0 Å². The van der Waals surface area contributed by atoms with Crippen molar-refractivity contribution in [3.05, 3.63) is 60.4 Å². The van der Waals surface area contributed by atoms with E-state index in [0.717, 1.165) is 22.8 Å². The van der Waals surface area contributed by atoms with Gasteiger partial charge < -0.3 is 10.2 Å². The number of nitrogens with zero attached hydrogens (tertiary/aromatic N) is 1. The first-order valence-corrected chi connectivity index (χ1v) is 9.25. The minimum absolute atomic E-state index is 0.309. The average molecular weight is 373 g/mol. The van der Waals surface area contributed by atoms with Crippen molar-refractivity contribution in [2.45, 2.75) is 0 Å². The van der Waals surface area contributed by atoms with Crippen molar-refractivity contribution in [3.63, 3.8) is 0 Å². The Hall–Kier alpha value is -3.33. The van der Waals surface area contributed by atoms with E-state index in [2.05, 4.69) is 14.8 Å². The molecule has 0 atom stereocenters. The van der Waals surface area contributed by atoms with E-state index in [0.29, 0.717) is 11.1 Å². The molecule has 8 nitrogen and oxygen atoms in total. The standard InChI is InChI=1S/C17H15N3O5S/c1-26(22,23)25-20-17(18)19-16(21)13-6-2-5-12(10-13)14-7-3-4-11-8-9-24-15(11)14/h2-10H,1H3,(H3,18,19,20,21). The second-order valence-electron chi connectivity index (χ2n) is 5.43. The molecule has 0 aliphatic rings. The molecule has 0 saturated heterocycles. The maximum atomic E-state index is 12.3. The van der Waals surface area contributed by atoms with Crippen molar-refractivity contribution in [2.75, 3.05) is 6.26 Å². The summed E-state index contributed by atoms with van der Waals surface area (Å²) in [5.41, 5.74) is 8.08. The summed E-state index contributed by atoms with van der Waals surface area (Å²) in [6.45, 7) is 0. The van der Waals surface area contributed by atoms with Gasteiger partial charge in [-0.05, 0) is 28.9 Å². The molecule has 2 aromatic carbocycles. The number of hydrogen-bond donors (Lipinski definition) is 2. The van der Waals surface area contributed by atoms with Gasteiger partial charge in [0.15, 0.2) is 0 Å². The topological polar surface area (TPSA) is 124 Å². The van der Waals surface area contributed by atoms with Gasteiger partial charge in [0, 0.05) is 16.5 Å². The third kappa shape index (κ3) is 4.01. The first-order valence-electron chi connectivity index (χ1n) is 7.43. The Morgan fingerprint density at radius 3 is 2.73 bits per heavy atom. The van der Waals surface area contributed by atoms with Gasteiger partial charge in [-0.1, -0.05) is 30.3 Å². The minimum Gasteiger partial charge on any atom is -0.464 e. The first kappa shape index (κ1) is 17.5. The van der Waals surface area contributed by atoms with E-state index in [1.165, 1.54) is 0 Å². The Bertz CT molecular complexity index is 1100. The van der Waals surface area contributed by atoms with E-state index in [1.807, 2.05) is 30.3 Å². The van der Waals surface area contributed by atoms with Crippen molar-refractivity contribution in [3.8, 4) is 11.1 Å². The van der Waals surface area contributed by atoms with Gasteiger partial charge in [0.2, 0.25) is 5.96 Å². The normalized spacial score (nSPS) is 12.1. The molecule has 0 fully saturated rings. The number of amides is 1. The van der Waals surface area contributed by atoms with E-state index in [9.17, 15) is 13.2 Å². The van der Waals surface area contributed by atoms with E-state index >= 15 is 0 Å². The minimum atomic E-state index is -3.81. The zero-order chi connectivity index (χ0) is 18.7. The van der Waals surface area contributed by atoms with Crippen LogP contribution in [0.4, 0.5) is 0 Å². The molecule has 0 saturated carbocycles. The molecule has 9 heteroatoms. The largest absolute Gasteiger partial charge is 0.464 e. The van der Waals surface area contributed by atoms with E-state index < -0.39 is 22.0 Å². The molecule has 0 unspecified atom stereocenters. The van der Waals surface area contributed by atoms with Crippen LogP contribution in [-0.2, 0) is 14.4 Å². The van der Waals surface area contributed by atoms with Crippen molar-refractivity contribution < 1.29 is 21.9 Å². The lowest BCUT2D eigenvalue weighted by atomic mass is 10.0. The summed E-state index contributed by atoms with van der Waals surface area (Å²) in [5.74, 6) is -1.03. The summed E-state index contributed by atoms with van der Waals surface area (Å²) in [6, 6.07) is 14.4. The summed E-state index contributed by atoms with van der Waals surface area (Å²) in [4.78, 5) is 12.3. The quantitative estimate of drug-likeness (QED) is 0.410. The van der Waals surface area contributed by atoms with Gasteiger partial charge in [0.05, 0.1) is 12.5 Å². The fraction of sp³-hybridized carbons (Fsp3) is 0.0588. The van der Waals surface area contributed by atoms with Crippen LogP contribution >= 0.6 is 0 Å². The van der Waals surface area contributed by atoms with Crippen molar-refractivity contribution in [1.82, 2.24) is 5.32 Å². The van der Waals surface area contributed by atoms with Crippen LogP contribution in [0.5, 0.6) is 0 Å². The Labute approximate surface area is 149 Å². The fourth-order valence-electron chi connectivity index (χ4n) is 2.37. The lowest BCUT2D eigenvalue weighted by Crippen LogP contribution is -2.37. The lowest BCUT2D eigenvalue weighted by Gasteiger charge is -2.07. The highest BCUT2D eigenvalue weighted by atomic mass is 32.2. The molecule has 26 heavy (non-hydrogen) atoms. The molecule has 1 aromatic heterocycles. The number of carbonyl (C=O) groups is 1. The predicted octanol–water partition coefficient (Wildman–Crippen LogP) is 2.04. The van der Waals surface area contributed by atoms with E-state index in [1.54, 1.807) is 24.5 Å². The van der Waals surface area contributed by atoms with Crippen LogP contribution in [0.3, 0.4) is 0 Å². The average Bonchev–Trinajstić information content (AvgIpc) is 3.08. The Morgan fingerprint density at radius 2 is 1.96 bits per heavy atom. The number of oxime groups is 1. The number of nitrogens with two attached hydrogens (primary N) is 1. The Balaban J connectivity index is 1.85. The van der Waals surface area contributed by atoms with Gasteiger partial charge in [-0.25, -0.2) is 0 Å². The highest BCUT2D eigenvalue weighted by Gasteiger charge is 2.12. The molecule has 1 amide bonds. The number of hydrogen-bond acceptors (Lipinski definition) is 6. The highest BCUT2D eigenvalue weighted by molar-refractivity contribution is 7.85. The Morgan fingerprint density at radius 1 is 1.19 bits per heavy atom. The Kier molecular flexibility index (Phi) is 4.63. The molecule has 1 heterocycles. The van der Waals surface area contributed by atoms with Crippen LogP contribution < -0.4 is 11.1 Å². The van der Waals surface area contributed by atoms with Crippen LogP contribution in [0.1, 0.15) is 10.4 Å². The molecule has 134 valence electrons. The summed E-state index contributed by atoms with van der Waals surface area (Å²) in [7, 11) is -3.81. The third-order valence-corrected chi connectivity index (χ3v) is 3.77. The number of rotatable bonds is 4. The lowest BCUT2D eigenvalue weighted by molar-refractivity contribution is 0.0975. The van der Waals surface area contributed by atoms with Gasteiger partial charge in [-0.15, -0.1) is 0 Å². The molecular formula is C17H15N3O5S. The number of carbonyl (C=O) groups excluding carboxylic acids is 1. The third-order valence-electron chi connectivity index (χ3n) is 3.43. The monoisotopic (exact) mass is 373 g/mol. The molecule has 0 radical (unpaired) electrons. The van der Waals surface area contributed by atoms with E-state index in [4.69, 9.17) is 10.2 Å². The first-order chi connectivity index (χ1) is 12.3. The number of furan rings is 1. The maximum Gasteiger partial charge on any atom is 0.325 e. The molecule has 3 N–H and O–H groups in total. The zero-order valence-corrected chi connectivity index (χ0v) is 14.5. The maximum absolute atomic E-state index is 12.3. The second-order valence-corrected chi connectivity index (χ2v) is 6.99. The van der Waals surface area contributed by atoms with Crippen LogP contribution in [0.25, 0.3) is 22.1 Å². The summed E-state index contributed by atoms with van der Waals surface area (Å²) >= 11 is 0. The van der Waals surface area contributed by atoms with Crippen LogP contribution in [-0.4, -0.2) is 26.5 Å². The zero-order valence-electron chi connectivity index (χ0n) is 13.7. The summed E-state index contributed by atoms with van der Waals surface area (Å²) in [6.07, 6.45) is 2.41. The number of guanidine groups is 1. The number of fused-ring (bicyclic) bond motifs is 1. The second kappa shape index (κ2) is 6.89. The van der Waals surface area contributed by atoms with Gasteiger partial charge in [-0.2, -0.15) is 8.42 Å². The van der Waals surface area contributed by atoms with Crippen LogP contribution in [0.2, 0.25) is 0 Å². The molecular weight excluding hydrogens is 358 g/mol. The van der Waals surface area contributed by atoms with Gasteiger partial charge in [-0.3, -0.25) is 14.4 Å². The summed E-state index contributed by atoms with van der Waals surface area (Å²) < 4.78 is 31.4. The van der Waals surface area contributed by atoms with Gasteiger partial charge in [0.1, 0.15) is 5.58 Å². The SMILES string of the molecule is CS(=O)(=O)ON=C(N)NC(=O)c1cccc(-c2cccc3ccoc23)c1. The number of para-hydroxylation sites is 1. The molecule has 0 aliphatic carbocycles. The number of nitrogens with one attached hydrogen (secondary N) is 1. The molecule has 0 bridgehead atoms. The molecule has 0 spiro atoms. The van der Waals surface area contributed by atoms with Crippen LogP contribution in [0.15, 0.2) is 64.4 Å². The molecule has 3 rings (SSSR count). The van der Waals surface area contributed by atoms with Gasteiger partial charge >= 0.3 is 10.1 Å². The summed E-state index contributed by atoms with van der Waals surface area (Å²) in [5, 5.41) is 6.34. The number of benzene rings is 2. The highest BCUT2D eigenvalue weighted by Crippen LogP contribution is 2.29. The smallest absolute Gasteiger partial charge is 0.325 e. The van der Waals surface area contributed by atoms with E-state index in [-0.39, 0.29) is 0 Å². The molecule has 0 aliphatic heterocycles. The van der Waals surface area contributed by atoms with Crippen molar-refractivity contribution in [1.29, 1.82) is 0 Å². The van der Waals surface area contributed by atoms with Crippen molar-refractivity contribution in [2.24, 2.45) is 10.9 Å². The van der Waals surface area contributed by atoms with Crippen LogP contribution in [0, 0.1) is 0 Å². The predicted molar refractivity (Wildman–Crippen MR) is 96.7 cm³/mol.